The average molecular weight is 489 g/mol. The molecule has 7 rings (SSSR count). The van der Waals surface area contributed by atoms with E-state index in [1.54, 1.807) is 12.1 Å². The molecule has 1 saturated heterocycles. The Morgan fingerprint density at radius 2 is 1.06 bits per heavy atom. The number of imide groups is 1. The zero-order valence-electron chi connectivity index (χ0n) is 15.8. The van der Waals surface area contributed by atoms with Crippen LogP contribution in [-0.4, -0.2) is 11.8 Å². The Hall–Kier alpha value is -2.04. The van der Waals surface area contributed by atoms with E-state index in [2.05, 4.69) is 0 Å². The number of hydrogen-bond donors (Lipinski definition) is 0. The molecule has 7 heteroatoms. The molecular weight excluding hydrogens is 476 g/mol. The van der Waals surface area contributed by atoms with E-state index in [4.69, 9.17) is 46.4 Å². The van der Waals surface area contributed by atoms with Gasteiger partial charge in [0.1, 0.15) is 9.75 Å². The summed E-state index contributed by atoms with van der Waals surface area (Å²) in [6, 6.07) is 19.8. The quantitative estimate of drug-likeness (QED) is 0.307. The third-order valence-electron chi connectivity index (χ3n) is 6.75. The molecule has 2 amide bonds. The van der Waals surface area contributed by atoms with Gasteiger partial charge in [-0.15, -0.1) is 23.2 Å². The minimum atomic E-state index is -1.20. The smallest absolute Gasteiger partial charge is 0.240 e. The Bertz CT molecular complexity index is 1200. The number of anilines is 1. The zero-order valence-corrected chi connectivity index (χ0v) is 18.8. The second kappa shape index (κ2) is 6.26. The summed E-state index contributed by atoms with van der Waals surface area (Å²) in [5.74, 6) is -2.48. The number of carbonyl (C=O) groups excluding carboxylic acids is 2. The van der Waals surface area contributed by atoms with Crippen LogP contribution in [0.3, 0.4) is 0 Å². The lowest BCUT2D eigenvalue weighted by Crippen LogP contribution is -2.57. The molecule has 0 aromatic heterocycles. The predicted molar refractivity (Wildman–Crippen MR) is 122 cm³/mol. The highest BCUT2D eigenvalue weighted by atomic mass is 35.5. The number of halogens is 4. The van der Waals surface area contributed by atoms with Gasteiger partial charge in [-0.1, -0.05) is 71.7 Å². The number of alkyl halides is 2. The van der Waals surface area contributed by atoms with Gasteiger partial charge in [-0.25, -0.2) is 4.90 Å². The van der Waals surface area contributed by atoms with Crippen molar-refractivity contribution in [1.29, 1.82) is 0 Å². The summed E-state index contributed by atoms with van der Waals surface area (Å²) in [6.07, 6.45) is 0. The lowest BCUT2D eigenvalue weighted by molar-refractivity contribution is -0.122. The number of carbonyl (C=O) groups is 2. The van der Waals surface area contributed by atoms with Crippen molar-refractivity contribution in [3.05, 3.63) is 99.0 Å². The fourth-order valence-corrected chi connectivity index (χ4v) is 6.94. The molecule has 2 atom stereocenters. The summed E-state index contributed by atoms with van der Waals surface area (Å²) >= 11 is 27.0. The average Bonchev–Trinajstić information content (AvgIpc) is 3.05. The third-order valence-corrected chi connectivity index (χ3v) is 8.77. The van der Waals surface area contributed by atoms with Gasteiger partial charge >= 0.3 is 0 Å². The molecule has 0 spiro atoms. The van der Waals surface area contributed by atoms with E-state index in [1.165, 1.54) is 6.07 Å². The highest BCUT2D eigenvalue weighted by Crippen LogP contribution is 2.69. The van der Waals surface area contributed by atoms with Crippen LogP contribution in [0.5, 0.6) is 0 Å². The van der Waals surface area contributed by atoms with E-state index < -0.39 is 33.4 Å². The highest BCUT2D eigenvalue weighted by molar-refractivity contribution is 6.43. The molecule has 0 saturated carbocycles. The maximum absolute atomic E-state index is 13.8. The summed E-state index contributed by atoms with van der Waals surface area (Å²) in [5.41, 5.74) is 3.42. The Balaban J connectivity index is 1.65. The second-order valence-electron chi connectivity index (χ2n) is 8.08. The molecule has 3 aromatic carbocycles. The first-order valence-electron chi connectivity index (χ1n) is 9.72. The molecule has 1 aliphatic heterocycles. The topological polar surface area (TPSA) is 37.4 Å². The van der Waals surface area contributed by atoms with Crippen LogP contribution in [0.25, 0.3) is 0 Å². The number of hydrogen-bond acceptors (Lipinski definition) is 2. The molecule has 0 radical (unpaired) electrons. The van der Waals surface area contributed by atoms with Gasteiger partial charge in [-0.05, 0) is 40.5 Å². The highest BCUT2D eigenvalue weighted by Gasteiger charge is 2.73. The van der Waals surface area contributed by atoms with E-state index in [9.17, 15) is 9.59 Å². The fraction of sp³-hybridized carbons (Fsp3) is 0.167. The molecule has 3 nitrogen and oxygen atoms in total. The number of amides is 2. The first-order valence-corrected chi connectivity index (χ1v) is 11.2. The SMILES string of the molecule is O=C1[C@@H]2[C@H](C(=O)N1c1ccc(Cl)c(Cl)c1)C1(Cl)c3ccccc3C2(Cl)c2ccccc21. The van der Waals surface area contributed by atoms with Crippen molar-refractivity contribution >= 4 is 63.9 Å². The monoisotopic (exact) mass is 487 g/mol. The summed E-state index contributed by atoms with van der Waals surface area (Å²) in [6.45, 7) is 0. The van der Waals surface area contributed by atoms with Gasteiger partial charge in [0.2, 0.25) is 11.8 Å². The first kappa shape index (κ1) is 19.6. The van der Waals surface area contributed by atoms with E-state index in [0.29, 0.717) is 10.7 Å². The van der Waals surface area contributed by atoms with Gasteiger partial charge in [-0.3, -0.25) is 9.59 Å². The molecule has 0 unspecified atom stereocenters. The second-order valence-corrected chi connectivity index (χ2v) is 10.1. The van der Waals surface area contributed by atoms with Gasteiger partial charge in [0.05, 0.1) is 27.6 Å². The first-order chi connectivity index (χ1) is 14.8. The van der Waals surface area contributed by atoms with Gasteiger partial charge in [-0.2, -0.15) is 0 Å². The Morgan fingerprint density at radius 3 is 1.45 bits per heavy atom. The summed E-state index contributed by atoms with van der Waals surface area (Å²) in [5, 5.41) is 0.592. The summed E-state index contributed by atoms with van der Waals surface area (Å²) < 4.78 is 0. The maximum Gasteiger partial charge on any atom is 0.240 e. The molecule has 4 aliphatic rings. The molecule has 1 heterocycles. The number of nitrogens with zero attached hydrogens (tertiary/aromatic N) is 1. The summed E-state index contributed by atoms with van der Waals surface area (Å²) in [4.78, 5) is 26.3. The number of benzene rings is 3. The Kier molecular flexibility index (Phi) is 3.97. The van der Waals surface area contributed by atoms with Gasteiger partial charge < -0.3 is 0 Å². The normalized spacial score (nSPS) is 30.3. The molecule has 0 N–H and O–H groups in total. The predicted octanol–water partition coefficient (Wildman–Crippen LogP) is 6.09. The van der Waals surface area contributed by atoms with Crippen molar-refractivity contribution in [2.75, 3.05) is 4.90 Å². The lowest BCUT2D eigenvalue weighted by atomic mass is 9.54. The molecule has 154 valence electrons. The summed E-state index contributed by atoms with van der Waals surface area (Å²) in [7, 11) is 0. The van der Waals surface area contributed by atoms with Crippen LogP contribution < -0.4 is 4.90 Å². The Labute approximate surface area is 198 Å². The van der Waals surface area contributed by atoms with Gasteiger partial charge in [0.15, 0.2) is 0 Å². The molecule has 31 heavy (non-hydrogen) atoms. The van der Waals surface area contributed by atoms with E-state index >= 15 is 0 Å². The Morgan fingerprint density at radius 1 is 0.645 bits per heavy atom. The van der Waals surface area contributed by atoms with Crippen molar-refractivity contribution in [2.24, 2.45) is 11.8 Å². The van der Waals surface area contributed by atoms with E-state index in [-0.39, 0.29) is 5.02 Å². The van der Waals surface area contributed by atoms with Gasteiger partial charge in [0, 0.05) is 0 Å². The zero-order chi connectivity index (χ0) is 21.7. The number of rotatable bonds is 1. The molecule has 3 aromatic rings. The van der Waals surface area contributed by atoms with Crippen molar-refractivity contribution in [3.8, 4) is 0 Å². The van der Waals surface area contributed by atoms with Gasteiger partial charge in [0.25, 0.3) is 0 Å². The van der Waals surface area contributed by atoms with E-state index in [1.807, 2.05) is 48.5 Å². The molecule has 1 fully saturated rings. The van der Waals surface area contributed by atoms with Crippen LogP contribution in [0.4, 0.5) is 5.69 Å². The van der Waals surface area contributed by atoms with Crippen LogP contribution >= 0.6 is 46.4 Å². The van der Waals surface area contributed by atoms with Crippen LogP contribution in [0.2, 0.25) is 10.0 Å². The minimum absolute atomic E-state index is 0.255. The maximum atomic E-state index is 13.8. The molecule has 3 aliphatic carbocycles. The van der Waals surface area contributed by atoms with Crippen LogP contribution in [0, 0.1) is 11.8 Å². The van der Waals surface area contributed by atoms with Crippen LogP contribution in [0.1, 0.15) is 22.3 Å². The third kappa shape index (κ3) is 2.18. The van der Waals surface area contributed by atoms with Crippen molar-refractivity contribution in [2.45, 2.75) is 9.75 Å². The molecule has 2 bridgehead atoms. The van der Waals surface area contributed by atoms with E-state index in [0.717, 1.165) is 27.2 Å². The van der Waals surface area contributed by atoms with Crippen LogP contribution in [-0.2, 0) is 19.3 Å². The molecular formula is C24H13Cl4NO2. The van der Waals surface area contributed by atoms with Crippen molar-refractivity contribution in [1.82, 2.24) is 0 Å². The standard InChI is InChI=1S/C24H13Cl4NO2/c25-17-10-9-12(11-18(17)26)29-21(30)19-20(22(29)31)24(28)14-6-2-1-5-13(14)23(19,27)15-7-3-4-8-16(15)24/h1-11,19-20H/t19-,20+,23?,24?. The minimum Gasteiger partial charge on any atom is -0.274 e. The van der Waals surface area contributed by atoms with Crippen molar-refractivity contribution < 1.29 is 9.59 Å². The van der Waals surface area contributed by atoms with Crippen molar-refractivity contribution in [3.63, 3.8) is 0 Å². The van der Waals surface area contributed by atoms with Crippen LogP contribution in [0.15, 0.2) is 66.7 Å². The lowest BCUT2D eigenvalue weighted by Gasteiger charge is -2.54. The largest absolute Gasteiger partial charge is 0.274 e. The fourth-order valence-electron chi connectivity index (χ4n) is 5.55.